The molecule has 2 unspecified atom stereocenters. The zero-order valence-corrected chi connectivity index (χ0v) is 12.7. The molecule has 1 N–H and O–H groups in total. The molecule has 114 valence electrons. The van der Waals surface area contributed by atoms with Crippen molar-refractivity contribution in [3.8, 4) is 0 Å². The van der Waals surface area contributed by atoms with E-state index >= 15 is 0 Å². The van der Waals surface area contributed by atoms with Crippen LogP contribution in [0.15, 0.2) is 24.3 Å². The van der Waals surface area contributed by atoms with Crippen molar-refractivity contribution in [3.63, 3.8) is 0 Å². The first kappa shape index (κ1) is 14.5. The first-order chi connectivity index (χ1) is 10.1. The average Bonchev–Trinajstić information content (AvgIpc) is 2.76. The smallest absolute Gasteiger partial charge is 0.241 e. The van der Waals surface area contributed by atoms with Crippen LogP contribution >= 0.6 is 0 Å². The lowest BCUT2D eigenvalue weighted by molar-refractivity contribution is -0.133. The molecule has 21 heavy (non-hydrogen) atoms. The topological polar surface area (TPSA) is 32.3 Å². The molecule has 2 fully saturated rings. The third-order valence-corrected chi connectivity index (χ3v) is 4.85. The molecule has 0 radical (unpaired) electrons. The largest absolute Gasteiger partial charge is 0.319 e. The minimum absolute atomic E-state index is 0.142. The molecule has 0 bridgehead atoms. The van der Waals surface area contributed by atoms with Gasteiger partial charge in [-0.15, -0.1) is 0 Å². The van der Waals surface area contributed by atoms with Gasteiger partial charge in [-0.25, -0.2) is 4.39 Å². The molecule has 1 saturated carbocycles. The predicted octanol–water partition coefficient (Wildman–Crippen LogP) is 3.22. The summed E-state index contributed by atoms with van der Waals surface area (Å²) in [4.78, 5) is 14.5. The van der Waals surface area contributed by atoms with Crippen LogP contribution in [0.5, 0.6) is 0 Å². The normalized spacial score (nSPS) is 33.5. The third kappa shape index (κ3) is 2.82. The Morgan fingerprint density at radius 3 is 2.57 bits per heavy atom. The summed E-state index contributed by atoms with van der Waals surface area (Å²) in [6.45, 7) is 4.16. The summed E-state index contributed by atoms with van der Waals surface area (Å²) in [6, 6.07) is 6.65. The van der Waals surface area contributed by atoms with Crippen LogP contribution < -0.4 is 5.32 Å². The van der Waals surface area contributed by atoms with Crippen molar-refractivity contribution in [2.75, 3.05) is 0 Å². The number of hydrogen-bond acceptors (Lipinski definition) is 2. The SMILES string of the molecule is CC1CCC(N2C(=O)C(C)NC2c2cccc(F)c2)CC1. The molecular weight excluding hydrogens is 267 g/mol. The van der Waals surface area contributed by atoms with E-state index in [9.17, 15) is 9.18 Å². The second-order valence-electron chi connectivity index (χ2n) is 6.51. The average molecular weight is 290 g/mol. The van der Waals surface area contributed by atoms with Crippen molar-refractivity contribution in [1.29, 1.82) is 0 Å². The van der Waals surface area contributed by atoms with Gasteiger partial charge < -0.3 is 4.90 Å². The van der Waals surface area contributed by atoms with Gasteiger partial charge in [-0.05, 0) is 56.2 Å². The Labute approximate surface area is 125 Å². The van der Waals surface area contributed by atoms with E-state index in [4.69, 9.17) is 0 Å². The lowest BCUT2D eigenvalue weighted by Gasteiger charge is -2.37. The van der Waals surface area contributed by atoms with Gasteiger partial charge in [-0.2, -0.15) is 0 Å². The van der Waals surface area contributed by atoms with Gasteiger partial charge in [0, 0.05) is 6.04 Å². The van der Waals surface area contributed by atoms with Crippen molar-refractivity contribution < 1.29 is 9.18 Å². The van der Waals surface area contributed by atoms with E-state index in [0.29, 0.717) is 0 Å². The number of amides is 1. The molecule has 1 aromatic carbocycles. The quantitative estimate of drug-likeness (QED) is 0.907. The Hall–Kier alpha value is -1.42. The zero-order chi connectivity index (χ0) is 15.0. The fourth-order valence-corrected chi connectivity index (χ4v) is 3.58. The highest BCUT2D eigenvalue weighted by Crippen LogP contribution is 2.35. The Morgan fingerprint density at radius 2 is 1.90 bits per heavy atom. The van der Waals surface area contributed by atoms with E-state index < -0.39 is 0 Å². The molecule has 2 atom stereocenters. The molecule has 1 saturated heterocycles. The fourth-order valence-electron chi connectivity index (χ4n) is 3.58. The highest BCUT2D eigenvalue weighted by Gasteiger charge is 2.41. The van der Waals surface area contributed by atoms with Crippen molar-refractivity contribution in [3.05, 3.63) is 35.6 Å². The van der Waals surface area contributed by atoms with Gasteiger partial charge >= 0.3 is 0 Å². The van der Waals surface area contributed by atoms with Crippen molar-refractivity contribution in [1.82, 2.24) is 10.2 Å². The highest BCUT2D eigenvalue weighted by atomic mass is 19.1. The standard InChI is InChI=1S/C17H23FN2O/c1-11-6-8-15(9-7-11)20-16(19-12(2)17(20)21)13-4-3-5-14(18)10-13/h3-5,10-12,15-16,19H,6-9H2,1-2H3. The van der Waals surface area contributed by atoms with Crippen LogP contribution in [0, 0.1) is 11.7 Å². The molecule has 3 nitrogen and oxygen atoms in total. The molecule has 2 aliphatic rings. The van der Waals surface area contributed by atoms with Gasteiger partial charge in [-0.1, -0.05) is 19.1 Å². The van der Waals surface area contributed by atoms with E-state index in [1.54, 1.807) is 6.07 Å². The van der Waals surface area contributed by atoms with Gasteiger partial charge in [0.05, 0.1) is 6.04 Å². The van der Waals surface area contributed by atoms with Gasteiger partial charge in [0.2, 0.25) is 5.91 Å². The molecule has 1 aliphatic heterocycles. The monoisotopic (exact) mass is 290 g/mol. The number of halogens is 1. The molecule has 0 spiro atoms. The van der Waals surface area contributed by atoms with Crippen LogP contribution in [-0.4, -0.2) is 22.9 Å². The van der Waals surface area contributed by atoms with Crippen LogP contribution in [0.1, 0.15) is 51.3 Å². The third-order valence-electron chi connectivity index (χ3n) is 4.85. The Morgan fingerprint density at radius 1 is 1.19 bits per heavy atom. The maximum atomic E-state index is 13.5. The zero-order valence-electron chi connectivity index (χ0n) is 12.7. The molecule has 1 aliphatic carbocycles. The maximum Gasteiger partial charge on any atom is 0.241 e. The second kappa shape index (κ2) is 5.76. The Bertz CT molecular complexity index is 525. The van der Waals surface area contributed by atoms with Crippen molar-refractivity contribution >= 4 is 5.91 Å². The van der Waals surface area contributed by atoms with Crippen LogP contribution in [0.2, 0.25) is 0 Å². The van der Waals surface area contributed by atoms with E-state index in [-0.39, 0.29) is 30.0 Å². The number of carbonyl (C=O) groups is 1. The number of nitrogens with one attached hydrogen (secondary N) is 1. The minimum Gasteiger partial charge on any atom is -0.319 e. The lowest BCUT2D eigenvalue weighted by atomic mass is 9.86. The summed E-state index contributed by atoms with van der Waals surface area (Å²) in [6.07, 6.45) is 4.24. The maximum absolute atomic E-state index is 13.5. The molecule has 0 aromatic heterocycles. The van der Waals surface area contributed by atoms with Crippen LogP contribution in [0.25, 0.3) is 0 Å². The van der Waals surface area contributed by atoms with Crippen LogP contribution in [0.3, 0.4) is 0 Å². The molecule has 4 heteroatoms. The molecule has 3 rings (SSSR count). The van der Waals surface area contributed by atoms with E-state index in [1.807, 2.05) is 17.9 Å². The van der Waals surface area contributed by atoms with E-state index in [1.165, 1.54) is 25.0 Å². The Kier molecular flexibility index (Phi) is 3.98. The highest BCUT2D eigenvalue weighted by molar-refractivity contribution is 5.84. The number of hydrogen-bond donors (Lipinski definition) is 1. The summed E-state index contributed by atoms with van der Waals surface area (Å²) < 4.78 is 13.5. The van der Waals surface area contributed by atoms with Crippen LogP contribution in [-0.2, 0) is 4.79 Å². The summed E-state index contributed by atoms with van der Waals surface area (Å²) in [5.74, 6) is 0.638. The first-order valence-corrected chi connectivity index (χ1v) is 7.90. The van der Waals surface area contributed by atoms with E-state index in [2.05, 4.69) is 12.2 Å². The molecule has 1 amide bonds. The number of nitrogens with zero attached hydrogens (tertiary/aromatic N) is 1. The number of benzene rings is 1. The van der Waals surface area contributed by atoms with Gasteiger partial charge in [-0.3, -0.25) is 10.1 Å². The molecule has 1 aromatic rings. The van der Waals surface area contributed by atoms with E-state index in [0.717, 1.165) is 24.3 Å². The van der Waals surface area contributed by atoms with Crippen molar-refractivity contribution in [2.45, 2.75) is 57.8 Å². The number of rotatable bonds is 2. The molecular formula is C17H23FN2O. The first-order valence-electron chi connectivity index (χ1n) is 7.90. The van der Waals surface area contributed by atoms with Crippen molar-refractivity contribution in [2.24, 2.45) is 5.92 Å². The summed E-state index contributed by atoms with van der Waals surface area (Å²) in [7, 11) is 0. The lowest BCUT2D eigenvalue weighted by Crippen LogP contribution is -2.42. The fraction of sp³-hybridized carbons (Fsp3) is 0.588. The minimum atomic E-state index is -0.251. The van der Waals surface area contributed by atoms with Gasteiger partial charge in [0.15, 0.2) is 0 Å². The number of carbonyl (C=O) groups excluding carboxylic acids is 1. The molecule has 1 heterocycles. The second-order valence-corrected chi connectivity index (χ2v) is 6.51. The summed E-state index contributed by atoms with van der Waals surface area (Å²) >= 11 is 0. The van der Waals surface area contributed by atoms with Gasteiger partial charge in [0.1, 0.15) is 12.0 Å². The van der Waals surface area contributed by atoms with Crippen LogP contribution in [0.4, 0.5) is 4.39 Å². The summed E-state index contributed by atoms with van der Waals surface area (Å²) in [5, 5.41) is 3.32. The Balaban J connectivity index is 1.86. The predicted molar refractivity (Wildman–Crippen MR) is 80.0 cm³/mol. The summed E-state index contributed by atoms with van der Waals surface area (Å²) in [5.41, 5.74) is 0.839. The van der Waals surface area contributed by atoms with Gasteiger partial charge in [0.25, 0.3) is 0 Å².